The minimum atomic E-state index is -0.512. The van der Waals surface area contributed by atoms with Gasteiger partial charge in [0, 0.05) is 16.7 Å². The van der Waals surface area contributed by atoms with Gasteiger partial charge in [-0.3, -0.25) is 0 Å². The van der Waals surface area contributed by atoms with Crippen molar-refractivity contribution in [3.8, 4) is 22.8 Å². The van der Waals surface area contributed by atoms with Crippen molar-refractivity contribution in [2.24, 2.45) is 0 Å². The van der Waals surface area contributed by atoms with Crippen LogP contribution >= 0.6 is 11.6 Å². The maximum absolute atomic E-state index is 12.4. The highest BCUT2D eigenvalue weighted by Crippen LogP contribution is 2.29. The van der Waals surface area contributed by atoms with Crippen molar-refractivity contribution < 1.29 is 19.4 Å². The van der Waals surface area contributed by atoms with Gasteiger partial charge in [0.25, 0.3) is 0 Å². The number of esters is 1. The van der Waals surface area contributed by atoms with E-state index in [1.165, 1.54) is 13.3 Å². The summed E-state index contributed by atoms with van der Waals surface area (Å²) in [5.41, 5.74) is 2.71. The summed E-state index contributed by atoms with van der Waals surface area (Å²) < 4.78 is 10.3. The first-order valence-corrected chi connectivity index (χ1v) is 8.20. The minimum absolute atomic E-state index is 0.0315. The fraction of sp³-hybridized carbons (Fsp3) is 0.100. The van der Waals surface area contributed by atoms with Crippen molar-refractivity contribution in [3.05, 3.63) is 76.9 Å². The summed E-state index contributed by atoms with van der Waals surface area (Å²) in [6.45, 7) is -0.0315. The first-order valence-electron chi connectivity index (χ1n) is 7.82. The molecule has 3 aromatic rings. The largest absolute Gasteiger partial charge is 0.481 e. The van der Waals surface area contributed by atoms with E-state index in [0.717, 1.165) is 11.1 Å². The Labute approximate surface area is 155 Å². The Kier molecular flexibility index (Phi) is 5.51. The molecule has 0 radical (unpaired) electrons. The lowest BCUT2D eigenvalue weighted by Gasteiger charge is -2.09. The monoisotopic (exact) mass is 369 g/mol. The number of pyridine rings is 1. The van der Waals surface area contributed by atoms with Gasteiger partial charge >= 0.3 is 5.97 Å². The number of hydrogen-bond donors (Lipinski definition) is 1. The summed E-state index contributed by atoms with van der Waals surface area (Å²) in [6.07, 6.45) is 1.42. The number of rotatable bonds is 5. The van der Waals surface area contributed by atoms with Crippen molar-refractivity contribution >= 4 is 17.6 Å². The molecule has 1 heterocycles. The van der Waals surface area contributed by atoms with Crippen LogP contribution in [0.4, 0.5) is 0 Å². The summed E-state index contributed by atoms with van der Waals surface area (Å²) in [5, 5.41) is 9.66. The van der Waals surface area contributed by atoms with Crippen molar-refractivity contribution in [2.75, 3.05) is 7.11 Å². The Morgan fingerprint density at radius 1 is 1.12 bits per heavy atom. The third-order valence-corrected chi connectivity index (χ3v) is 4.11. The van der Waals surface area contributed by atoms with Crippen LogP contribution in [0.2, 0.25) is 5.02 Å². The van der Waals surface area contributed by atoms with E-state index in [1.807, 2.05) is 12.1 Å². The second-order valence-corrected chi connectivity index (χ2v) is 5.88. The number of nitrogens with zero attached hydrogens (tertiary/aromatic N) is 1. The molecule has 1 aromatic heterocycles. The first kappa shape index (κ1) is 17.9. The fourth-order valence-electron chi connectivity index (χ4n) is 2.38. The quantitative estimate of drug-likeness (QED) is 0.685. The van der Waals surface area contributed by atoms with Crippen LogP contribution in [0, 0.1) is 0 Å². The zero-order chi connectivity index (χ0) is 18.5. The molecule has 0 aliphatic rings. The minimum Gasteiger partial charge on any atom is -0.481 e. The van der Waals surface area contributed by atoms with Gasteiger partial charge in [-0.15, -0.1) is 0 Å². The fourth-order valence-corrected chi connectivity index (χ4v) is 2.60. The summed E-state index contributed by atoms with van der Waals surface area (Å²) in [6, 6.07) is 15.4. The molecule has 132 valence electrons. The number of carbonyl (C=O) groups excluding carboxylic acids is 1. The third-order valence-electron chi connectivity index (χ3n) is 3.78. The van der Waals surface area contributed by atoms with Gasteiger partial charge in [-0.05, 0) is 35.4 Å². The average Bonchev–Trinajstić information content (AvgIpc) is 2.69. The van der Waals surface area contributed by atoms with Crippen molar-refractivity contribution in [2.45, 2.75) is 6.61 Å². The summed E-state index contributed by atoms with van der Waals surface area (Å²) >= 11 is 6.28. The second-order valence-electron chi connectivity index (χ2n) is 5.48. The number of methoxy groups -OCH3 is 1. The van der Waals surface area contributed by atoms with Gasteiger partial charge in [0.1, 0.15) is 5.75 Å². The lowest BCUT2D eigenvalue weighted by Crippen LogP contribution is -2.09. The molecule has 5 nitrogen and oxygen atoms in total. The van der Waals surface area contributed by atoms with Gasteiger partial charge in [0.2, 0.25) is 5.88 Å². The van der Waals surface area contributed by atoms with Gasteiger partial charge in [-0.1, -0.05) is 35.9 Å². The van der Waals surface area contributed by atoms with E-state index in [1.54, 1.807) is 42.5 Å². The van der Waals surface area contributed by atoms with E-state index >= 15 is 0 Å². The van der Waals surface area contributed by atoms with Gasteiger partial charge < -0.3 is 14.6 Å². The number of carbonyl (C=O) groups is 1. The molecule has 0 amide bonds. The summed E-state index contributed by atoms with van der Waals surface area (Å²) in [7, 11) is 1.51. The number of hydrogen-bond acceptors (Lipinski definition) is 5. The Morgan fingerprint density at radius 3 is 2.50 bits per heavy atom. The highest BCUT2D eigenvalue weighted by atomic mass is 35.5. The molecule has 0 atom stereocenters. The lowest BCUT2D eigenvalue weighted by atomic mass is 10.0. The lowest BCUT2D eigenvalue weighted by molar-refractivity contribution is 0.0734. The number of ether oxygens (including phenoxy) is 2. The number of aromatic nitrogens is 1. The molecular formula is C20H16ClNO4. The molecule has 2 aromatic carbocycles. The molecule has 0 unspecified atom stereocenters. The number of halogens is 1. The zero-order valence-electron chi connectivity index (χ0n) is 14.0. The zero-order valence-corrected chi connectivity index (χ0v) is 14.7. The van der Waals surface area contributed by atoms with Crippen molar-refractivity contribution in [1.82, 2.24) is 4.98 Å². The molecule has 6 heteroatoms. The molecule has 0 aliphatic carbocycles. The highest BCUT2D eigenvalue weighted by molar-refractivity contribution is 6.33. The second kappa shape index (κ2) is 7.99. The molecule has 3 rings (SSSR count). The molecule has 0 saturated carbocycles. The normalized spacial score (nSPS) is 10.4. The van der Waals surface area contributed by atoms with Crippen LogP contribution in [-0.2, 0) is 6.61 Å². The standard InChI is InChI=1S/C20H16ClNO4/c1-25-19-9-7-16(11-22-19)26-20(24)15-6-8-18(21)17(10-15)14-4-2-13(12-23)3-5-14/h2-11,23H,12H2,1H3. The smallest absolute Gasteiger partial charge is 0.343 e. The Bertz CT molecular complexity index is 908. The van der Waals surface area contributed by atoms with Crippen LogP contribution in [-0.4, -0.2) is 23.2 Å². The molecule has 0 saturated heterocycles. The predicted octanol–water partition coefficient (Wildman–Crippen LogP) is 4.12. The molecular weight excluding hydrogens is 354 g/mol. The van der Waals surface area contributed by atoms with Gasteiger partial charge in [0.05, 0.1) is 25.5 Å². The molecule has 0 bridgehead atoms. The highest BCUT2D eigenvalue weighted by Gasteiger charge is 2.13. The summed E-state index contributed by atoms with van der Waals surface area (Å²) in [5.74, 6) is 0.242. The Morgan fingerprint density at radius 2 is 1.88 bits per heavy atom. The Hall–Kier alpha value is -2.89. The molecule has 26 heavy (non-hydrogen) atoms. The van der Waals surface area contributed by atoms with Gasteiger partial charge in [-0.25, -0.2) is 9.78 Å². The average molecular weight is 370 g/mol. The van der Waals surface area contributed by atoms with E-state index in [-0.39, 0.29) is 6.61 Å². The van der Waals surface area contributed by atoms with Crippen LogP contribution in [0.25, 0.3) is 11.1 Å². The molecule has 1 N–H and O–H groups in total. The molecule has 0 spiro atoms. The number of aliphatic hydroxyl groups is 1. The van der Waals surface area contributed by atoms with E-state index < -0.39 is 5.97 Å². The topological polar surface area (TPSA) is 68.7 Å². The van der Waals surface area contributed by atoms with E-state index in [9.17, 15) is 4.79 Å². The van der Waals surface area contributed by atoms with Crippen LogP contribution in [0.1, 0.15) is 15.9 Å². The molecule has 0 fully saturated rings. The van der Waals surface area contributed by atoms with Crippen LogP contribution in [0.3, 0.4) is 0 Å². The van der Waals surface area contributed by atoms with Gasteiger partial charge in [0.15, 0.2) is 0 Å². The molecule has 0 aliphatic heterocycles. The third kappa shape index (κ3) is 4.02. The van der Waals surface area contributed by atoms with E-state index in [4.69, 9.17) is 26.2 Å². The van der Waals surface area contributed by atoms with Gasteiger partial charge in [-0.2, -0.15) is 0 Å². The first-order chi connectivity index (χ1) is 12.6. The van der Waals surface area contributed by atoms with Crippen molar-refractivity contribution in [3.63, 3.8) is 0 Å². The maximum Gasteiger partial charge on any atom is 0.343 e. The van der Waals surface area contributed by atoms with E-state index in [0.29, 0.717) is 27.8 Å². The van der Waals surface area contributed by atoms with E-state index in [2.05, 4.69) is 4.98 Å². The van der Waals surface area contributed by atoms with Crippen molar-refractivity contribution in [1.29, 1.82) is 0 Å². The maximum atomic E-state index is 12.4. The summed E-state index contributed by atoms with van der Waals surface area (Å²) in [4.78, 5) is 16.4. The Balaban J connectivity index is 1.84. The predicted molar refractivity (Wildman–Crippen MR) is 98.6 cm³/mol. The SMILES string of the molecule is COc1ccc(OC(=O)c2ccc(Cl)c(-c3ccc(CO)cc3)c2)cn1. The number of benzene rings is 2. The number of aliphatic hydroxyl groups excluding tert-OH is 1. The van der Waals surface area contributed by atoms with Crippen LogP contribution in [0.5, 0.6) is 11.6 Å². The van der Waals surface area contributed by atoms with Crippen LogP contribution < -0.4 is 9.47 Å². The van der Waals surface area contributed by atoms with Crippen LogP contribution in [0.15, 0.2) is 60.8 Å².